The molecule has 0 aliphatic carbocycles. The van der Waals surface area contributed by atoms with Crippen LogP contribution in [0.1, 0.15) is 95.8 Å². The molecular formula is C34H55FeN4O7. The molecule has 12 heteroatoms. The number of fused-ring (bicyclic) bond motifs is 8. The molecule has 3 saturated heterocycles. The van der Waals surface area contributed by atoms with E-state index in [0.717, 1.165) is 35.1 Å². The zero-order valence-corrected chi connectivity index (χ0v) is 29.1. The van der Waals surface area contributed by atoms with Gasteiger partial charge < -0.3 is 56.8 Å². The first-order valence-electron chi connectivity index (χ1n) is 16.9. The molecule has 5 aliphatic heterocycles. The van der Waals surface area contributed by atoms with E-state index in [9.17, 15) is 30.0 Å². The molecule has 0 aromatic heterocycles. The minimum Gasteiger partial charge on any atom is -0.870 e. The van der Waals surface area contributed by atoms with Gasteiger partial charge in [-0.2, -0.15) is 0 Å². The third-order valence-corrected chi connectivity index (χ3v) is 12.0. The second kappa shape index (κ2) is 15.9. The summed E-state index contributed by atoms with van der Waals surface area (Å²) in [5.74, 6) is -1.65. The van der Waals surface area contributed by atoms with Gasteiger partial charge in [0.25, 0.3) is 0 Å². The Morgan fingerprint density at radius 1 is 0.739 bits per heavy atom. The zero-order chi connectivity index (χ0) is 32.0. The summed E-state index contributed by atoms with van der Waals surface area (Å²) in [4.78, 5) is 23.0. The van der Waals surface area contributed by atoms with E-state index in [1.807, 2.05) is 13.8 Å². The molecule has 0 aromatic rings. The predicted octanol–water partition coefficient (Wildman–Crippen LogP) is 1.50. The molecule has 0 aromatic carbocycles. The number of aliphatic carboxylic acids is 2. The monoisotopic (exact) mass is 687 g/mol. The summed E-state index contributed by atoms with van der Waals surface area (Å²) in [6, 6.07) is -0.153. The molecule has 5 heterocycles. The smallest absolute Gasteiger partial charge is 0.870 e. The van der Waals surface area contributed by atoms with Crippen molar-refractivity contribution >= 4 is 11.9 Å². The third kappa shape index (κ3) is 7.92. The fourth-order valence-corrected chi connectivity index (χ4v) is 9.71. The third-order valence-electron chi connectivity index (χ3n) is 12.0. The molecule has 5 rings (SSSR count). The topological polar surface area (TPSA) is 203 Å². The molecule has 0 saturated carbocycles. The van der Waals surface area contributed by atoms with E-state index >= 15 is 0 Å². The Kier molecular flexibility index (Phi) is 13.5. The van der Waals surface area contributed by atoms with Gasteiger partial charge in [-0.05, 0) is 83.8 Å². The van der Waals surface area contributed by atoms with Crippen molar-refractivity contribution in [3.8, 4) is 0 Å². The number of nitrogens with one attached hydrogen (secondary N) is 2. The number of nitrogens with zero attached hydrogens (tertiary/aromatic N) is 2. The van der Waals surface area contributed by atoms with Gasteiger partial charge in [-0.15, -0.1) is 24.2 Å². The minimum atomic E-state index is -1.05. The van der Waals surface area contributed by atoms with Crippen LogP contribution in [0, 0.1) is 23.7 Å². The number of rotatable bonds is 8. The molecule has 5 N–H and O–H groups in total. The van der Waals surface area contributed by atoms with Crippen molar-refractivity contribution in [3.05, 3.63) is 32.9 Å². The van der Waals surface area contributed by atoms with Gasteiger partial charge >= 0.3 is 19.9 Å². The van der Waals surface area contributed by atoms with Crippen LogP contribution >= 0.6 is 0 Å². The number of aliphatic hydroxyl groups excluding tert-OH is 2. The molecule has 261 valence electrons. The maximum atomic E-state index is 11.5. The molecule has 3 fully saturated rings. The van der Waals surface area contributed by atoms with Crippen LogP contribution in [0.4, 0.5) is 0 Å². The first-order valence-corrected chi connectivity index (χ1v) is 16.9. The van der Waals surface area contributed by atoms with Gasteiger partial charge in [0, 0.05) is 36.1 Å². The summed E-state index contributed by atoms with van der Waals surface area (Å²) < 4.78 is 0. The van der Waals surface area contributed by atoms with Gasteiger partial charge in [0.05, 0.1) is 12.2 Å². The Bertz CT molecular complexity index is 1170. The Morgan fingerprint density at radius 2 is 1.11 bits per heavy atom. The SMILES string of the molecule is CC1=C(C(C)O)C2CC3NC(CC4[N-]C(CC5[N-]C(CC1N2)C(C)C5CCC(=O)[O-])C(CCC(=O)[O-])C4C)C(C(C)O)=C3C.[Fe+3].[H+].[H+].[OH-]. The summed E-state index contributed by atoms with van der Waals surface area (Å²) in [5.41, 5.74) is 4.35. The van der Waals surface area contributed by atoms with E-state index in [0.29, 0.717) is 25.7 Å². The van der Waals surface area contributed by atoms with Crippen LogP contribution in [0.15, 0.2) is 22.3 Å². The Balaban J connectivity index is 0.00000288. The van der Waals surface area contributed by atoms with Crippen molar-refractivity contribution in [2.75, 3.05) is 0 Å². The van der Waals surface area contributed by atoms with Crippen molar-refractivity contribution in [1.29, 1.82) is 0 Å². The first-order chi connectivity index (χ1) is 20.8. The van der Waals surface area contributed by atoms with Crippen molar-refractivity contribution in [2.24, 2.45) is 23.7 Å². The normalized spacial score (nSPS) is 40.3. The summed E-state index contributed by atoms with van der Waals surface area (Å²) >= 11 is 0. The number of carbonyl (C=O) groups is 2. The number of aliphatic hydroxyl groups is 2. The van der Waals surface area contributed by atoms with Crippen molar-refractivity contribution < 1.29 is 55.4 Å². The minimum absolute atomic E-state index is 0. The van der Waals surface area contributed by atoms with Gasteiger partial charge in [0.1, 0.15) is 0 Å². The van der Waals surface area contributed by atoms with Gasteiger partial charge in [-0.25, -0.2) is 0 Å². The largest absolute Gasteiger partial charge is 3.00 e. The van der Waals surface area contributed by atoms with Crippen molar-refractivity contribution in [2.45, 2.75) is 153 Å². The Labute approximate surface area is 287 Å². The van der Waals surface area contributed by atoms with E-state index in [4.69, 9.17) is 10.6 Å². The molecule has 8 bridgehead atoms. The first kappa shape index (κ1) is 39.1. The van der Waals surface area contributed by atoms with Gasteiger partial charge in [0.15, 0.2) is 0 Å². The van der Waals surface area contributed by atoms with Crippen molar-refractivity contribution in [1.82, 2.24) is 10.6 Å². The van der Waals surface area contributed by atoms with Gasteiger partial charge in [-0.3, -0.25) is 0 Å². The molecule has 1 radical (unpaired) electrons. The Hall–Kier alpha value is -1.34. The Morgan fingerprint density at radius 3 is 1.50 bits per heavy atom. The number of carbonyl (C=O) groups excluding carboxylic acids is 2. The summed E-state index contributed by atoms with van der Waals surface area (Å²) in [5, 5.41) is 63.2. The molecule has 14 atom stereocenters. The maximum absolute atomic E-state index is 11.5. The van der Waals surface area contributed by atoms with E-state index in [-0.39, 0.29) is 110 Å². The van der Waals surface area contributed by atoms with Crippen LogP contribution in [0.25, 0.3) is 10.6 Å². The average molecular weight is 688 g/mol. The van der Waals surface area contributed by atoms with E-state index in [2.05, 4.69) is 38.3 Å². The van der Waals surface area contributed by atoms with Crippen LogP contribution in [0.2, 0.25) is 0 Å². The van der Waals surface area contributed by atoms with E-state index in [1.165, 1.54) is 0 Å². The van der Waals surface area contributed by atoms with Gasteiger partial charge in [-0.1, -0.05) is 55.1 Å². The van der Waals surface area contributed by atoms with Crippen LogP contribution in [0.5, 0.6) is 0 Å². The van der Waals surface area contributed by atoms with Crippen LogP contribution < -0.4 is 20.8 Å². The van der Waals surface area contributed by atoms with Crippen LogP contribution in [-0.4, -0.2) is 88.2 Å². The standard InChI is InChI=1S/C34H54N4O6.Fe.H2O/c1-15-21(7-9-31(41)42)27-14-28-22(8-10-32(43)44)16(2)24(36-28)12-29-34(20(6)40)18(4)26(38-29)13-30-33(19(5)39)17(3)25(37-30)11-23(15)35-27;;/h15-16,19-30,37-40H,7-14H2,1-6H3,(H,41,42)(H,43,44);;1H2/q-2;+3;/p-1. The molecule has 14 unspecified atom stereocenters. The molecular weight excluding hydrogens is 632 g/mol. The quantitative estimate of drug-likeness (QED) is 0.215. The fraction of sp³-hybridized carbons (Fsp3) is 0.824. The van der Waals surface area contributed by atoms with Crippen LogP contribution in [0.3, 0.4) is 0 Å². The van der Waals surface area contributed by atoms with Crippen molar-refractivity contribution in [3.63, 3.8) is 0 Å². The fourth-order valence-electron chi connectivity index (χ4n) is 9.71. The summed E-state index contributed by atoms with van der Waals surface area (Å²) in [7, 11) is 0. The zero-order valence-electron chi connectivity index (χ0n) is 30.0. The number of hydrogen-bond donors (Lipinski definition) is 4. The summed E-state index contributed by atoms with van der Waals surface area (Å²) in [6.07, 6.45) is 2.64. The van der Waals surface area contributed by atoms with Crippen LogP contribution in [-0.2, 0) is 26.7 Å². The molecule has 0 amide bonds. The second-order valence-corrected chi connectivity index (χ2v) is 14.5. The average Bonchev–Trinajstić information content (AvgIpc) is 3.59. The molecule has 0 spiro atoms. The number of carboxylic acid groups (broad SMARTS) is 2. The van der Waals surface area contributed by atoms with Gasteiger partial charge in [0.2, 0.25) is 0 Å². The van der Waals surface area contributed by atoms with E-state index < -0.39 is 24.1 Å². The predicted molar refractivity (Wildman–Crippen MR) is 168 cm³/mol. The second-order valence-electron chi connectivity index (χ2n) is 14.5. The van der Waals surface area contributed by atoms with E-state index in [1.54, 1.807) is 0 Å². The number of hydrogen-bond acceptors (Lipinski definition) is 9. The number of carboxylic acids is 2. The molecule has 46 heavy (non-hydrogen) atoms. The maximum Gasteiger partial charge on any atom is 3.00 e. The molecule has 5 aliphatic rings. The summed E-state index contributed by atoms with van der Waals surface area (Å²) in [6.45, 7) is 12.2. The molecule has 11 nitrogen and oxygen atoms in total.